The van der Waals surface area contributed by atoms with Crippen molar-refractivity contribution in [3.63, 3.8) is 0 Å². The third kappa shape index (κ3) is 5.99. The monoisotopic (exact) mass is 538 g/mol. The molecule has 1 aliphatic heterocycles. The maximum Gasteiger partial charge on any atom is 0.255 e. The summed E-state index contributed by atoms with van der Waals surface area (Å²) >= 11 is 1.56. The van der Waals surface area contributed by atoms with Gasteiger partial charge in [0.25, 0.3) is 5.91 Å². The Morgan fingerprint density at radius 1 is 0.923 bits per heavy atom. The topological polar surface area (TPSA) is 79.6 Å². The predicted molar refractivity (Wildman–Crippen MR) is 154 cm³/mol. The summed E-state index contributed by atoms with van der Waals surface area (Å²) in [6.07, 6.45) is 1.60. The fourth-order valence-electron chi connectivity index (χ4n) is 4.50. The molecule has 3 aromatic carbocycles. The van der Waals surface area contributed by atoms with Crippen molar-refractivity contribution in [2.75, 3.05) is 11.1 Å². The number of benzene rings is 3. The number of nitrogens with one attached hydrogen (secondary N) is 1. The van der Waals surface area contributed by atoms with Gasteiger partial charge in [-0.1, -0.05) is 69.3 Å². The molecule has 1 aromatic heterocycles. The maximum absolute atomic E-state index is 13.1. The number of carbonyl (C=O) groups is 3. The Hall–Kier alpha value is -4.10. The van der Waals surface area contributed by atoms with Gasteiger partial charge in [-0.3, -0.25) is 14.4 Å². The molecule has 2 amide bonds. The number of ketones is 1. The first-order valence-corrected chi connectivity index (χ1v) is 13.8. The smallest absolute Gasteiger partial charge is 0.255 e. The van der Waals surface area contributed by atoms with Crippen LogP contribution >= 0.6 is 11.8 Å². The highest BCUT2D eigenvalue weighted by atomic mass is 32.2. The lowest BCUT2D eigenvalue weighted by Gasteiger charge is -2.23. The van der Waals surface area contributed by atoms with Crippen LogP contribution in [-0.2, 0) is 16.8 Å². The summed E-state index contributed by atoms with van der Waals surface area (Å²) < 4.78 is 5.42. The summed E-state index contributed by atoms with van der Waals surface area (Å²) in [5.41, 5.74) is 4.26. The Bertz CT molecular complexity index is 1490. The van der Waals surface area contributed by atoms with Crippen molar-refractivity contribution in [3.05, 3.63) is 125 Å². The van der Waals surface area contributed by atoms with Gasteiger partial charge in [-0.15, -0.1) is 11.8 Å². The third-order valence-electron chi connectivity index (χ3n) is 6.73. The minimum absolute atomic E-state index is 0.0106. The Labute approximate surface area is 232 Å². The fraction of sp³-hybridized carbons (Fsp3) is 0.219. The van der Waals surface area contributed by atoms with Crippen molar-refractivity contribution < 1.29 is 18.8 Å². The molecule has 1 aliphatic rings. The zero-order valence-electron chi connectivity index (χ0n) is 22.1. The van der Waals surface area contributed by atoms with Crippen LogP contribution in [0.1, 0.15) is 69.3 Å². The summed E-state index contributed by atoms with van der Waals surface area (Å²) in [5.74, 6) is 0.822. The van der Waals surface area contributed by atoms with Crippen LogP contribution in [0.15, 0.2) is 95.6 Å². The summed E-state index contributed by atoms with van der Waals surface area (Å²) in [7, 11) is 0. The van der Waals surface area contributed by atoms with E-state index in [-0.39, 0.29) is 28.4 Å². The van der Waals surface area contributed by atoms with E-state index in [1.54, 1.807) is 65.4 Å². The lowest BCUT2D eigenvalue weighted by molar-refractivity contribution is -0.128. The molecule has 0 radical (unpaired) electrons. The van der Waals surface area contributed by atoms with E-state index in [0.29, 0.717) is 34.7 Å². The van der Waals surface area contributed by atoms with Crippen molar-refractivity contribution in [2.45, 2.75) is 38.1 Å². The lowest BCUT2D eigenvalue weighted by Crippen LogP contribution is -2.27. The summed E-state index contributed by atoms with van der Waals surface area (Å²) in [4.78, 5) is 40.3. The van der Waals surface area contributed by atoms with Gasteiger partial charge in [-0.2, -0.15) is 0 Å². The molecule has 4 aromatic rings. The van der Waals surface area contributed by atoms with E-state index in [0.717, 1.165) is 16.9 Å². The number of nitrogens with zero attached hydrogens (tertiary/aromatic N) is 1. The molecule has 1 fully saturated rings. The lowest BCUT2D eigenvalue weighted by atomic mass is 9.86. The minimum Gasteiger partial charge on any atom is -0.467 e. The molecule has 1 N–H and O–H groups in total. The SMILES string of the molecule is CC(C)(C)c1ccc(C(=O)c2cccc(NC(=O)c3ccc([C@@H]4SCC(=O)N4Cc4ccco4)cc3)c2)cc1. The molecule has 0 unspecified atom stereocenters. The third-order valence-corrected chi connectivity index (χ3v) is 7.98. The molecule has 5 rings (SSSR count). The number of anilines is 1. The Morgan fingerprint density at radius 3 is 2.31 bits per heavy atom. The number of carbonyl (C=O) groups excluding carboxylic acids is 3. The van der Waals surface area contributed by atoms with Gasteiger partial charge in [-0.05, 0) is 52.9 Å². The van der Waals surface area contributed by atoms with Crippen molar-refractivity contribution in [2.24, 2.45) is 0 Å². The van der Waals surface area contributed by atoms with E-state index in [4.69, 9.17) is 4.42 Å². The zero-order chi connectivity index (χ0) is 27.6. The highest BCUT2D eigenvalue weighted by molar-refractivity contribution is 8.00. The van der Waals surface area contributed by atoms with E-state index in [1.165, 1.54) is 0 Å². The van der Waals surface area contributed by atoms with Crippen LogP contribution in [0.3, 0.4) is 0 Å². The number of rotatable bonds is 7. The highest BCUT2D eigenvalue weighted by Gasteiger charge is 2.33. The maximum atomic E-state index is 13.1. The van der Waals surface area contributed by atoms with E-state index in [2.05, 4.69) is 26.1 Å². The fourth-order valence-corrected chi connectivity index (χ4v) is 5.69. The Balaban J connectivity index is 1.26. The van der Waals surface area contributed by atoms with E-state index in [1.807, 2.05) is 42.5 Å². The van der Waals surface area contributed by atoms with Gasteiger partial charge in [0.15, 0.2) is 5.78 Å². The van der Waals surface area contributed by atoms with Crippen molar-refractivity contribution >= 4 is 35.0 Å². The molecule has 0 bridgehead atoms. The second kappa shape index (κ2) is 10.9. The van der Waals surface area contributed by atoms with Crippen molar-refractivity contribution in [1.82, 2.24) is 4.90 Å². The summed E-state index contributed by atoms with van der Waals surface area (Å²) in [6, 6.07) is 25.6. The first-order valence-electron chi connectivity index (χ1n) is 12.8. The Morgan fingerprint density at radius 2 is 1.64 bits per heavy atom. The number of hydrogen-bond acceptors (Lipinski definition) is 5. The van der Waals surface area contributed by atoms with E-state index < -0.39 is 0 Å². The molecule has 1 saturated heterocycles. The van der Waals surface area contributed by atoms with Crippen molar-refractivity contribution in [3.8, 4) is 0 Å². The molecule has 198 valence electrons. The van der Waals surface area contributed by atoms with Gasteiger partial charge in [0.2, 0.25) is 5.91 Å². The minimum atomic E-state index is -0.275. The van der Waals surface area contributed by atoms with E-state index >= 15 is 0 Å². The van der Waals surface area contributed by atoms with Gasteiger partial charge >= 0.3 is 0 Å². The molecule has 0 aliphatic carbocycles. The zero-order valence-corrected chi connectivity index (χ0v) is 23.0. The van der Waals surface area contributed by atoms with Gasteiger partial charge in [0, 0.05) is 22.4 Å². The second-order valence-corrected chi connectivity index (χ2v) is 11.6. The van der Waals surface area contributed by atoms with Crippen LogP contribution < -0.4 is 5.32 Å². The highest BCUT2D eigenvalue weighted by Crippen LogP contribution is 2.39. The molecule has 6 nitrogen and oxygen atoms in total. The van der Waals surface area contributed by atoms with Crippen LogP contribution in [-0.4, -0.2) is 28.3 Å². The second-order valence-electron chi connectivity index (χ2n) is 10.6. The first-order chi connectivity index (χ1) is 18.7. The average molecular weight is 539 g/mol. The van der Waals surface area contributed by atoms with Gasteiger partial charge in [0.1, 0.15) is 11.1 Å². The average Bonchev–Trinajstić information content (AvgIpc) is 3.58. The largest absolute Gasteiger partial charge is 0.467 e. The van der Waals surface area contributed by atoms with Crippen LogP contribution in [0.2, 0.25) is 0 Å². The number of amides is 2. The molecular formula is C32H30N2O4S. The first kappa shape index (κ1) is 26.5. The van der Waals surface area contributed by atoms with Crippen LogP contribution in [0.5, 0.6) is 0 Å². The molecule has 0 saturated carbocycles. The number of thioether (sulfide) groups is 1. The van der Waals surface area contributed by atoms with Crippen molar-refractivity contribution in [1.29, 1.82) is 0 Å². The number of hydrogen-bond donors (Lipinski definition) is 1. The van der Waals surface area contributed by atoms with Gasteiger partial charge in [0.05, 0.1) is 18.6 Å². The number of furan rings is 1. The predicted octanol–water partition coefficient (Wildman–Crippen LogP) is 6.83. The molecule has 2 heterocycles. The molecule has 0 spiro atoms. The molecular weight excluding hydrogens is 508 g/mol. The molecule has 39 heavy (non-hydrogen) atoms. The molecule has 1 atom stereocenters. The quantitative estimate of drug-likeness (QED) is 0.261. The molecule has 7 heteroatoms. The van der Waals surface area contributed by atoms with Crippen LogP contribution in [0.4, 0.5) is 5.69 Å². The normalized spacial score (nSPS) is 15.4. The standard InChI is InChI=1S/C32H30N2O4S/c1-32(2,3)25-15-13-21(14-16-25)29(36)24-6-4-7-26(18-24)33-30(37)22-9-11-23(12-10-22)31-34(28(35)20-39-31)19-27-8-5-17-38-27/h4-18,31H,19-20H2,1-3H3,(H,33,37)/t31-/m0/s1. The summed E-state index contributed by atoms with van der Waals surface area (Å²) in [6.45, 7) is 6.81. The van der Waals surface area contributed by atoms with Gasteiger partial charge < -0.3 is 14.6 Å². The Kier molecular flexibility index (Phi) is 7.44. The van der Waals surface area contributed by atoms with Crippen LogP contribution in [0.25, 0.3) is 0 Å². The van der Waals surface area contributed by atoms with E-state index in [9.17, 15) is 14.4 Å². The van der Waals surface area contributed by atoms with Gasteiger partial charge in [-0.25, -0.2) is 0 Å². The van der Waals surface area contributed by atoms with Crippen LogP contribution in [0, 0.1) is 0 Å². The summed E-state index contributed by atoms with van der Waals surface area (Å²) in [5, 5.41) is 2.76.